The maximum absolute atomic E-state index is 13.6. The zero-order valence-corrected chi connectivity index (χ0v) is 10.9. The van der Waals surface area contributed by atoms with Crippen LogP contribution < -0.4 is 10.6 Å². The molecule has 0 spiro atoms. The maximum Gasteiger partial charge on any atom is 0.327 e. The van der Waals surface area contributed by atoms with Crippen LogP contribution in [0.2, 0.25) is 0 Å². The van der Waals surface area contributed by atoms with Gasteiger partial charge in [-0.1, -0.05) is 6.07 Å². The van der Waals surface area contributed by atoms with Gasteiger partial charge in [-0.3, -0.25) is 14.9 Å². The number of nitrogens with zero attached hydrogens (tertiary/aromatic N) is 2. The molecule has 1 aromatic carbocycles. The number of nitro groups is 1. The van der Waals surface area contributed by atoms with Crippen molar-refractivity contribution in [3.05, 3.63) is 34.1 Å². The minimum atomic E-state index is -0.843. The van der Waals surface area contributed by atoms with Crippen molar-refractivity contribution in [3.63, 3.8) is 0 Å². The van der Waals surface area contributed by atoms with E-state index in [1.54, 1.807) is 4.90 Å². The number of anilines is 1. The largest absolute Gasteiger partial charge is 0.370 e. The summed E-state index contributed by atoms with van der Waals surface area (Å²) in [5, 5.41) is 11.0. The number of carbonyl (C=O) groups excluding carboxylic acids is 1. The summed E-state index contributed by atoms with van der Waals surface area (Å²) in [7, 11) is 0. The van der Waals surface area contributed by atoms with Gasteiger partial charge in [0.15, 0.2) is 0 Å². The summed E-state index contributed by atoms with van der Waals surface area (Å²) in [5.41, 5.74) is 4.94. The van der Waals surface area contributed by atoms with Gasteiger partial charge in [-0.25, -0.2) is 0 Å². The fourth-order valence-corrected chi connectivity index (χ4v) is 2.67. The van der Waals surface area contributed by atoms with Gasteiger partial charge in [0.25, 0.3) is 0 Å². The molecular weight excluding hydrogens is 265 g/mol. The normalized spacial score (nSPS) is 18.9. The molecule has 0 radical (unpaired) electrons. The minimum absolute atomic E-state index is 0.0594. The molecule has 20 heavy (non-hydrogen) atoms. The van der Waals surface area contributed by atoms with E-state index in [0.29, 0.717) is 13.1 Å². The zero-order valence-electron chi connectivity index (χ0n) is 10.9. The van der Waals surface area contributed by atoms with Crippen molar-refractivity contribution in [1.29, 1.82) is 0 Å². The average Bonchev–Trinajstić information content (AvgIpc) is 2.37. The van der Waals surface area contributed by atoms with Crippen LogP contribution in [0.3, 0.4) is 0 Å². The summed E-state index contributed by atoms with van der Waals surface area (Å²) in [6.07, 6.45) is 1.90. The average molecular weight is 281 g/mol. The zero-order chi connectivity index (χ0) is 14.7. The van der Waals surface area contributed by atoms with Crippen molar-refractivity contribution >= 4 is 17.3 Å². The van der Waals surface area contributed by atoms with Crippen LogP contribution in [0.15, 0.2) is 18.2 Å². The number of para-hydroxylation sites is 1. The lowest BCUT2D eigenvalue weighted by atomic mass is 9.94. The van der Waals surface area contributed by atoms with Gasteiger partial charge in [0.1, 0.15) is 5.69 Å². The summed E-state index contributed by atoms with van der Waals surface area (Å²) in [6, 6.07) is 4.07. The smallest absolute Gasteiger partial charge is 0.327 e. The van der Waals surface area contributed by atoms with Crippen molar-refractivity contribution in [1.82, 2.24) is 0 Å². The van der Waals surface area contributed by atoms with Crippen molar-refractivity contribution in [2.24, 2.45) is 11.7 Å². The quantitative estimate of drug-likeness (QED) is 0.673. The fourth-order valence-electron chi connectivity index (χ4n) is 2.67. The van der Waals surface area contributed by atoms with Crippen LogP contribution in [0.25, 0.3) is 0 Å². The number of hydrogen-bond acceptors (Lipinski definition) is 4. The summed E-state index contributed by atoms with van der Waals surface area (Å²) in [6.45, 7) is 1.09. The molecule has 0 aromatic heterocycles. The molecule has 0 aliphatic carbocycles. The fraction of sp³-hybridized carbons (Fsp3) is 0.462. The molecule has 2 rings (SSSR count). The van der Waals surface area contributed by atoms with Gasteiger partial charge in [0, 0.05) is 19.5 Å². The van der Waals surface area contributed by atoms with Crippen LogP contribution in [0.5, 0.6) is 0 Å². The van der Waals surface area contributed by atoms with Gasteiger partial charge >= 0.3 is 5.69 Å². The third-order valence-corrected chi connectivity index (χ3v) is 3.50. The molecule has 7 heteroatoms. The van der Waals surface area contributed by atoms with Crippen molar-refractivity contribution < 1.29 is 14.1 Å². The molecule has 1 amide bonds. The summed E-state index contributed by atoms with van der Waals surface area (Å²) in [4.78, 5) is 23.0. The highest BCUT2D eigenvalue weighted by Gasteiger charge is 2.28. The number of carbonyl (C=O) groups is 1. The van der Waals surface area contributed by atoms with E-state index in [1.165, 1.54) is 12.1 Å². The van der Waals surface area contributed by atoms with Gasteiger partial charge < -0.3 is 10.6 Å². The van der Waals surface area contributed by atoms with E-state index in [0.717, 1.165) is 18.9 Å². The second-order valence-corrected chi connectivity index (χ2v) is 4.99. The highest BCUT2D eigenvalue weighted by Crippen LogP contribution is 2.33. The molecule has 0 saturated carbocycles. The molecule has 1 aliphatic rings. The molecule has 1 heterocycles. The number of nitro benzene ring substituents is 1. The number of amides is 1. The Morgan fingerprint density at radius 2 is 2.30 bits per heavy atom. The lowest BCUT2D eigenvalue weighted by molar-refractivity contribution is -0.386. The van der Waals surface area contributed by atoms with E-state index in [1.807, 2.05) is 0 Å². The molecule has 1 aliphatic heterocycles. The Morgan fingerprint density at radius 3 is 2.95 bits per heavy atom. The number of piperidine rings is 1. The number of halogens is 1. The van der Waals surface area contributed by atoms with Crippen molar-refractivity contribution in [2.45, 2.75) is 19.3 Å². The second-order valence-electron chi connectivity index (χ2n) is 4.99. The van der Waals surface area contributed by atoms with E-state index in [9.17, 15) is 19.3 Å². The second kappa shape index (κ2) is 5.85. The predicted octanol–water partition coefficient (Wildman–Crippen LogP) is 1.83. The third kappa shape index (κ3) is 3.04. The molecule has 1 saturated heterocycles. The van der Waals surface area contributed by atoms with Crippen LogP contribution in [0.4, 0.5) is 15.8 Å². The minimum Gasteiger partial charge on any atom is -0.370 e. The first-order valence-electron chi connectivity index (χ1n) is 6.45. The Kier molecular flexibility index (Phi) is 4.16. The highest BCUT2D eigenvalue weighted by atomic mass is 19.1. The molecule has 1 aromatic rings. The van der Waals surface area contributed by atoms with Gasteiger partial charge in [0.05, 0.1) is 4.92 Å². The number of nitrogens with two attached hydrogens (primary N) is 1. The Labute approximate surface area is 115 Å². The van der Waals surface area contributed by atoms with E-state index < -0.39 is 16.4 Å². The maximum atomic E-state index is 13.6. The van der Waals surface area contributed by atoms with E-state index in [-0.39, 0.29) is 23.9 Å². The number of primary amides is 1. The van der Waals surface area contributed by atoms with E-state index in [2.05, 4.69) is 0 Å². The van der Waals surface area contributed by atoms with E-state index in [4.69, 9.17) is 5.73 Å². The van der Waals surface area contributed by atoms with Gasteiger partial charge in [0.2, 0.25) is 11.7 Å². The first-order chi connectivity index (χ1) is 9.49. The molecule has 0 bridgehead atoms. The number of benzene rings is 1. The van der Waals surface area contributed by atoms with Crippen LogP contribution in [-0.2, 0) is 4.79 Å². The first-order valence-corrected chi connectivity index (χ1v) is 6.45. The molecular formula is C13H16FN3O3. The molecule has 2 N–H and O–H groups in total. The van der Waals surface area contributed by atoms with Crippen LogP contribution in [-0.4, -0.2) is 23.9 Å². The van der Waals surface area contributed by atoms with Gasteiger partial charge in [-0.2, -0.15) is 4.39 Å². The molecule has 1 unspecified atom stereocenters. The summed E-state index contributed by atoms with van der Waals surface area (Å²) < 4.78 is 13.6. The molecule has 1 atom stereocenters. The topological polar surface area (TPSA) is 89.5 Å². The Balaban J connectivity index is 2.25. The first kappa shape index (κ1) is 14.2. The lowest BCUT2D eigenvalue weighted by Gasteiger charge is -2.33. The number of hydrogen-bond donors (Lipinski definition) is 1. The molecule has 6 nitrogen and oxygen atoms in total. The summed E-state index contributed by atoms with van der Waals surface area (Å²) >= 11 is 0. The van der Waals surface area contributed by atoms with Crippen molar-refractivity contribution in [3.8, 4) is 0 Å². The molecule has 1 fully saturated rings. The predicted molar refractivity (Wildman–Crippen MR) is 71.8 cm³/mol. The number of rotatable bonds is 4. The van der Waals surface area contributed by atoms with Gasteiger partial charge in [-0.15, -0.1) is 0 Å². The van der Waals surface area contributed by atoms with Crippen molar-refractivity contribution in [2.75, 3.05) is 18.0 Å². The van der Waals surface area contributed by atoms with Gasteiger partial charge in [-0.05, 0) is 30.9 Å². The lowest BCUT2D eigenvalue weighted by Crippen LogP contribution is -2.37. The standard InChI is InChI=1S/C13H16FN3O3/c14-10-4-1-5-11(13(10)17(19)20)16-6-2-3-9(8-16)7-12(15)18/h1,4-5,9H,2-3,6-8H2,(H2,15,18). The van der Waals surface area contributed by atoms with E-state index >= 15 is 0 Å². The van der Waals surface area contributed by atoms with Crippen LogP contribution >= 0.6 is 0 Å². The third-order valence-electron chi connectivity index (χ3n) is 3.50. The summed E-state index contributed by atoms with van der Waals surface area (Å²) in [5.74, 6) is -1.17. The Morgan fingerprint density at radius 1 is 1.55 bits per heavy atom. The highest BCUT2D eigenvalue weighted by molar-refractivity contribution is 5.74. The Bertz CT molecular complexity index is 536. The SMILES string of the molecule is NC(=O)CC1CCCN(c2cccc(F)c2[N+](=O)[O-])C1. The molecule has 108 valence electrons. The van der Waals surface area contributed by atoms with Crippen LogP contribution in [0.1, 0.15) is 19.3 Å². The van der Waals surface area contributed by atoms with Crippen LogP contribution in [0, 0.1) is 21.8 Å². The monoisotopic (exact) mass is 281 g/mol. The Hall–Kier alpha value is -2.18.